The average Bonchev–Trinajstić information content (AvgIpc) is 3.58. The summed E-state index contributed by atoms with van der Waals surface area (Å²) in [6.45, 7) is 1.53. The Morgan fingerprint density at radius 1 is 1.08 bits per heavy atom. The Morgan fingerprint density at radius 3 is 2.57 bits per heavy atom. The van der Waals surface area contributed by atoms with Gasteiger partial charge in [-0.25, -0.2) is 18.1 Å². The van der Waals surface area contributed by atoms with Crippen molar-refractivity contribution in [2.24, 2.45) is 10.1 Å². The fourth-order valence-corrected chi connectivity index (χ4v) is 7.18. The zero-order chi connectivity index (χ0) is 25.8. The molecule has 37 heavy (non-hydrogen) atoms. The summed E-state index contributed by atoms with van der Waals surface area (Å²) in [5, 5.41) is 8.78. The Morgan fingerprint density at radius 2 is 1.86 bits per heavy atom. The first-order valence-corrected chi connectivity index (χ1v) is 15.3. The van der Waals surface area contributed by atoms with E-state index in [1.54, 1.807) is 53.6 Å². The largest absolute Gasteiger partial charge is 0.496 e. The summed E-state index contributed by atoms with van der Waals surface area (Å²) < 4.78 is 40.8. The molecule has 0 amide bonds. The molecule has 0 saturated carbocycles. The van der Waals surface area contributed by atoms with Crippen LogP contribution < -0.4 is 9.54 Å². The van der Waals surface area contributed by atoms with Crippen LogP contribution in [0.1, 0.15) is 5.56 Å². The number of benzene rings is 2. The van der Waals surface area contributed by atoms with E-state index in [2.05, 4.69) is 15.9 Å². The van der Waals surface area contributed by atoms with Gasteiger partial charge in [-0.3, -0.25) is 0 Å². The molecule has 0 bridgehead atoms. The summed E-state index contributed by atoms with van der Waals surface area (Å²) in [4.78, 5) is 6.73. The van der Waals surface area contributed by atoms with Gasteiger partial charge in [-0.1, -0.05) is 22.0 Å². The van der Waals surface area contributed by atoms with Gasteiger partial charge >= 0.3 is 0 Å². The van der Waals surface area contributed by atoms with Crippen molar-refractivity contribution >= 4 is 60.5 Å². The quantitative estimate of drug-likeness (QED) is 0.267. The number of sulfonamides is 1. The van der Waals surface area contributed by atoms with E-state index in [-0.39, 0.29) is 4.90 Å². The number of hydrogen-bond donors (Lipinski definition) is 0. The number of rotatable bonds is 7. The standard InChI is InChI=1S/C25H23BrN4O4S3/c1-33-23-9-4-19(26)15-18(23)16-27-30-22(24-3-2-14-35-24)17-36-25(30)28-20-5-7-21(8-6-20)37(31,32)29-10-12-34-13-11-29/h2-9,14-17H,10-13H2,1H3. The van der Waals surface area contributed by atoms with Crippen molar-refractivity contribution in [3.63, 3.8) is 0 Å². The summed E-state index contributed by atoms with van der Waals surface area (Å²) in [5.74, 6) is 0.705. The molecule has 1 fully saturated rings. The van der Waals surface area contributed by atoms with E-state index in [1.165, 1.54) is 15.6 Å². The number of hydrogen-bond acceptors (Lipinski definition) is 8. The molecule has 3 heterocycles. The van der Waals surface area contributed by atoms with Gasteiger partial charge in [0.25, 0.3) is 0 Å². The van der Waals surface area contributed by atoms with Crippen molar-refractivity contribution in [3.05, 3.63) is 80.2 Å². The van der Waals surface area contributed by atoms with Crippen molar-refractivity contribution in [1.82, 2.24) is 8.98 Å². The van der Waals surface area contributed by atoms with Crippen molar-refractivity contribution in [3.8, 4) is 16.3 Å². The molecule has 0 atom stereocenters. The first-order valence-electron chi connectivity index (χ1n) is 11.3. The molecule has 0 N–H and O–H groups in total. The van der Waals surface area contributed by atoms with Gasteiger partial charge in [-0.2, -0.15) is 9.41 Å². The van der Waals surface area contributed by atoms with Crippen LogP contribution in [0.4, 0.5) is 5.69 Å². The first-order chi connectivity index (χ1) is 18.0. The highest BCUT2D eigenvalue weighted by molar-refractivity contribution is 9.10. The maximum atomic E-state index is 12.9. The zero-order valence-corrected chi connectivity index (χ0v) is 23.8. The van der Waals surface area contributed by atoms with Gasteiger partial charge in [-0.05, 0) is 53.9 Å². The maximum absolute atomic E-state index is 12.9. The van der Waals surface area contributed by atoms with Gasteiger partial charge in [0.1, 0.15) is 5.75 Å². The average molecular weight is 620 g/mol. The maximum Gasteiger partial charge on any atom is 0.243 e. The summed E-state index contributed by atoms with van der Waals surface area (Å²) >= 11 is 6.58. The summed E-state index contributed by atoms with van der Waals surface area (Å²) in [6.07, 6.45) is 1.74. The molecular weight excluding hydrogens is 596 g/mol. The van der Waals surface area contributed by atoms with Crippen LogP contribution in [-0.2, 0) is 14.8 Å². The third kappa shape index (κ3) is 5.79. The Hall–Kier alpha value is -2.61. The van der Waals surface area contributed by atoms with E-state index in [1.807, 2.05) is 41.1 Å². The van der Waals surface area contributed by atoms with Gasteiger partial charge in [0.05, 0.1) is 47.7 Å². The van der Waals surface area contributed by atoms with E-state index >= 15 is 0 Å². The lowest BCUT2D eigenvalue weighted by Crippen LogP contribution is -2.40. The minimum Gasteiger partial charge on any atom is -0.496 e. The highest BCUT2D eigenvalue weighted by Crippen LogP contribution is 2.27. The molecule has 0 radical (unpaired) electrons. The van der Waals surface area contributed by atoms with Crippen LogP contribution in [0.5, 0.6) is 5.75 Å². The van der Waals surface area contributed by atoms with Crippen molar-refractivity contribution in [2.45, 2.75) is 4.90 Å². The van der Waals surface area contributed by atoms with Gasteiger partial charge in [-0.15, -0.1) is 22.7 Å². The fraction of sp³-hybridized carbons (Fsp3) is 0.200. The predicted molar refractivity (Wildman–Crippen MR) is 151 cm³/mol. The number of nitrogens with zero attached hydrogens (tertiary/aromatic N) is 4. The molecule has 1 aliphatic heterocycles. The Bertz CT molecular complexity index is 1570. The second kappa shape index (κ2) is 11.4. The SMILES string of the molecule is COc1ccc(Br)cc1C=Nn1c(-c2cccs2)csc1=Nc1ccc(S(=O)(=O)N2CCOCC2)cc1. The van der Waals surface area contributed by atoms with Gasteiger partial charge in [0, 0.05) is 28.5 Å². The lowest BCUT2D eigenvalue weighted by molar-refractivity contribution is 0.0730. The van der Waals surface area contributed by atoms with Gasteiger partial charge in [0.2, 0.25) is 14.8 Å². The minimum absolute atomic E-state index is 0.242. The zero-order valence-electron chi connectivity index (χ0n) is 19.8. The predicted octanol–water partition coefficient (Wildman–Crippen LogP) is 5.18. The van der Waals surface area contributed by atoms with E-state index < -0.39 is 10.0 Å². The highest BCUT2D eigenvalue weighted by Gasteiger charge is 2.26. The highest BCUT2D eigenvalue weighted by atomic mass is 79.9. The second-order valence-electron chi connectivity index (χ2n) is 7.95. The molecule has 2 aromatic heterocycles. The Labute approximate surface area is 231 Å². The van der Waals surface area contributed by atoms with Gasteiger partial charge < -0.3 is 9.47 Å². The molecular formula is C25H23BrN4O4S3. The summed E-state index contributed by atoms with van der Waals surface area (Å²) in [5.41, 5.74) is 2.36. The van der Waals surface area contributed by atoms with Crippen molar-refractivity contribution < 1.29 is 17.9 Å². The smallest absolute Gasteiger partial charge is 0.243 e. The molecule has 0 unspecified atom stereocenters. The molecule has 1 aliphatic rings. The normalized spacial score (nSPS) is 15.5. The molecule has 1 saturated heterocycles. The number of thiophene rings is 1. The number of ether oxygens (including phenoxy) is 2. The van der Waals surface area contributed by atoms with Crippen LogP contribution in [-0.4, -0.2) is 57.0 Å². The molecule has 0 spiro atoms. The number of methoxy groups -OCH3 is 1. The Balaban J connectivity index is 1.51. The van der Waals surface area contributed by atoms with Crippen LogP contribution in [0.15, 0.2) is 84.8 Å². The van der Waals surface area contributed by atoms with Gasteiger partial charge in [0.15, 0.2) is 0 Å². The summed E-state index contributed by atoms with van der Waals surface area (Å²) in [7, 11) is -1.94. The molecule has 12 heteroatoms. The number of aromatic nitrogens is 1. The third-order valence-electron chi connectivity index (χ3n) is 5.63. The van der Waals surface area contributed by atoms with Crippen LogP contribution >= 0.6 is 38.6 Å². The lowest BCUT2D eigenvalue weighted by atomic mass is 10.2. The summed E-state index contributed by atoms with van der Waals surface area (Å²) in [6, 6.07) is 16.4. The van der Waals surface area contributed by atoms with Crippen LogP contribution in [0.2, 0.25) is 0 Å². The van der Waals surface area contributed by atoms with Crippen LogP contribution in [0.25, 0.3) is 10.6 Å². The van der Waals surface area contributed by atoms with Crippen molar-refractivity contribution in [1.29, 1.82) is 0 Å². The van der Waals surface area contributed by atoms with Crippen LogP contribution in [0, 0.1) is 0 Å². The first kappa shape index (κ1) is 26.0. The second-order valence-corrected chi connectivity index (χ2v) is 12.6. The molecule has 2 aromatic carbocycles. The fourth-order valence-electron chi connectivity index (χ4n) is 3.75. The topological polar surface area (TPSA) is 85.5 Å². The van der Waals surface area contributed by atoms with E-state index in [4.69, 9.17) is 19.6 Å². The molecule has 192 valence electrons. The lowest BCUT2D eigenvalue weighted by Gasteiger charge is -2.26. The van der Waals surface area contributed by atoms with Crippen molar-refractivity contribution in [2.75, 3.05) is 33.4 Å². The number of thiazole rings is 1. The number of morpholine rings is 1. The monoisotopic (exact) mass is 618 g/mol. The minimum atomic E-state index is -3.56. The third-order valence-corrected chi connectivity index (χ3v) is 9.75. The molecule has 4 aromatic rings. The number of halogens is 1. The van der Waals surface area contributed by atoms with E-state index in [0.717, 1.165) is 20.6 Å². The molecule has 0 aliphatic carbocycles. The molecule has 8 nitrogen and oxygen atoms in total. The van der Waals surface area contributed by atoms with Crippen LogP contribution in [0.3, 0.4) is 0 Å². The van der Waals surface area contributed by atoms with E-state index in [9.17, 15) is 8.42 Å². The molecule has 5 rings (SSSR count). The van der Waals surface area contributed by atoms with E-state index in [0.29, 0.717) is 42.5 Å². The Kier molecular flexibility index (Phi) is 8.03.